The summed E-state index contributed by atoms with van der Waals surface area (Å²) in [6.45, 7) is 9.16. The Kier molecular flexibility index (Phi) is 1.76. The van der Waals surface area contributed by atoms with E-state index in [0.29, 0.717) is 5.41 Å². The highest BCUT2D eigenvalue weighted by atomic mass is 14.3. The van der Waals surface area contributed by atoms with E-state index < -0.39 is 0 Å². The lowest BCUT2D eigenvalue weighted by Crippen LogP contribution is -2.09. The van der Waals surface area contributed by atoms with Gasteiger partial charge in [0.2, 0.25) is 0 Å². The fraction of sp³-hybridized carbons (Fsp3) is 0.538. The number of hydrogen-bond donors (Lipinski definition) is 0. The molecular weight excluding hydrogens is 156 g/mol. The molecule has 0 atom stereocenters. The monoisotopic (exact) mass is 174 g/mol. The van der Waals surface area contributed by atoms with E-state index in [9.17, 15) is 0 Å². The smallest absolute Gasteiger partial charge is 0.0219 e. The third-order valence-corrected chi connectivity index (χ3v) is 3.03. The van der Waals surface area contributed by atoms with Gasteiger partial charge in [0.05, 0.1) is 0 Å². The number of fused-ring (bicyclic) bond motifs is 1. The fourth-order valence-electron chi connectivity index (χ4n) is 2.55. The molecule has 0 N–H and O–H groups in total. The lowest BCUT2D eigenvalue weighted by molar-refractivity contribution is 0.392. The van der Waals surface area contributed by atoms with Crippen LogP contribution in [0.15, 0.2) is 12.1 Å². The average molecular weight is 174 g/mol. The molecule has 0 heterocycles. The van der Waals surface area contributed by atoms with E-state index in [0.717, 1.165) is 0 Å². The Morgan fingerprint density at radius 2 is 1.77 bits per heavy atom. The Hall–Kier alpha value is -0.780. The number of hydrogen-bond acceptors (Lipinski definition) is 0. The maximum Gasteiger partial charge on any atom is -0.0219 e. The molecule has 70 valence electrons. The van der Waals surface area contributed by atoms with E-state index >= 15 is 0 Å². The molecule has 0 saturated heterocycles. The normalized spacial score (nSPS) is 18.8. The van der Waals surface area contributed by atoms with Crippen LogP contribution < -0.4 is 0 Å². The summed E-state index contributed by atoms with van der Waals surface area (Å²) in [5.74, 6) is 0. The van der Waals surface area contributed by atoms with Crippen molar-refractivity contribution in [2.45, 2.75) is 40.5 Å². The third-order valence-electron chi connectivity index (χ3n) is 3.03. The van der Waals surface area contributed by atoms with Gasteiger partial charge in [0.25, 0.3) is 0 Å². The van der Waals surface area contributed by atoms with Crippen LogP contribution in [0, 0.1) is 19.3 Å². The van der Waals surface area contributed by atoms with E-state index in [-0.39, 0.29) is 0 Å². The molecule has 1 aliphatic carbocycles. The summed E-state index contributed by atoms with van der Waals surface area (Å²) in [6, 6.07) is 4.66. The second-order valence-corrected chi connectivity index (χ2v) is 5.24. The Bertz CT molecular complexity index is 345. The summed E-state index contributed by atoms with van der Waals surface area (Å²) in [5, 5.41) is 0. The summed E-state index contributed by atoms with van der Waals surface area (Å²) in [6.07, 6.45) is 2.51. The lowest BCUT2D eigenvalue weighted by Gasteiger charge is -2.15. The minimum atomic E-state index is 0.487. The molecule has 0 radical (unpaired) electrons. The third kappa shape index (κ3) is 1.50. The summed E-state index contributed by atoms with van der Waals surface area (Å²) in [7, 11) is 0. The Balaban J connectivity index is 2.52. The van der Waals surface area contributed by atoms with Gasteiger partial charge in [-0.1, -0.05) is 31.5 Å². The van der Waals surface area contributed by atoms with Gasteiger partial charge in [0.15, 0.2) is 0 Å². The van der Waals surface area contributed by atoms with Gasteiger partial charge in [0.1, 0.15) is 0 Å². The second-order valence-electron chi connectivity index (χ2n) is 5.24. The van der Waals surface area contributed by atoms with Crippen LogP contribution in [0.4, 0.5) is 0 Å². The predicted octanol–water partition coefficient (Wildman–Crippen LogP) is 3.43. The van der Waals surface area contributed by atoms with Gasteiger partial charge in [-0.2, -0.15) is 0 Å². The molecule has 0 fully saturated rings. The van der Waals surface area contributed by atoms with Crippen molar-refractivity contribution in [2.24, 2.45) is 5.41 Å². The van der Waals surface area contributed by atoms with Crippen molar-refractivity contribution in [3.63, 3.8) is 0 Å². The molecule has 1 aromatic carbocycles. The number of rotatable bonds is 0. The summed E-state index contributed by atoms with van der Waals surface area (Å²) in [5.41, 5.74) is 6.58. The van der Waals surface area contributed by atoms with Gasteiger partial charge in [-0.25, -0.2) is 0 Å². The molecule has 13 heavy (non-hydrogen) atoms. The van der Waals surface area contributed by atoms with Crippen molar-refractivity contribution < 1.29 is 0 Å². The van der Waals surface area contributed by atoms with Gasteiger partial charge >= 0.3 is 0 Å². The maximum atomic E-state index is 2.36. The molecule has 0 aromatic heterocycles. The zero-order valence-electron chi connectivity index (χ0n) is 9.07. The molecule has 0 amide bonds. The molecule has 2 rings (SSSR count). The van der Waals surface area contributed by atoms with Crippen molar-refractivity contribution in [3.05, 3.63) is 34.4 Å². The molecule has 0 aliphatic heterocycles. The lowest BCUT2D eigenvalue weighted by atomic mass is 9.90. The predicted molar refractivity (Wildman–Crippen MR) is 57.1 cm³/mol. The standard InChI is InChI=1S/C13H18/c1-9-5-10(2)12-8-13(3,4)7-11(12)6-9/h5-6H,7-8H2,1-4H3. The van der Waals surface area contributed by atoms with E-state index in [2.05, 4.69) is 39.8 Å². The highest BCUT2D eigenvalue weighted by Gasteiger charge is 2.29. The Morgan fingerprint density at radius 3 is 2.46 bits per heavy atom. The van der Waals surface area contributed by atoms with Gasteiger partial charge in [-0.15, -0.1) is 0 Å². The van der Waals surface area contributed by atoms with Crippen LogP contribution in [0.3, 0.4) is 0 Å². The highest BCUT2D eigenvalue weighted by Crippen LogP contribution is 2.38. The Labute approximate surface area is 81.0 Å². The maximum absolute atomic E-state index is 2.36. The minimum Gasteiger partial charge on any atom is -0.0593 e. The largest absolute Gasteiger partial charge is 0.0593 e. The van der Waals surface area contributed by atoms with Crippen molar-refractivity contribution in [1.29, 1.82) is 0 Å². The first-order valence-electron chi connectivity index (χ1n) is 5.07. The van der Waals surface area contributed by atoms with Crippen LogP contribution in [-0.4, -0.2) is 0 Å². The van der Waals surface area contributed by atoms with Crippen LogP contribution >= 0.6 is 0 Å². The van der Waals surface area contributed by atoms with E-state index in [1.54, 1.807) is 11.1 Å². The van der Waals surface area contributed by atoms with Crippen molar-refractivity contribution in [1.82, 2.24) is 0 Å². The van der Waals surface area contributed by atoms with Crippen LogP contribution in [0.2, 0.25) is 0 Å². The minimum absolute atomic E-state index is 0.487. The molecule has 0 spiro atoms. The van der Waals surface area contributed by atoms with Gasteiger partial charge in [-0.05, 0) is 48.8 Å². The van der Waals surface area contributed by atoms with Crippen LogP contribution in [-0.2, 0) is 12.8 Å². The average Bonchev–Trinajstić information content (AvgIpc) is 2.23. The van der Waals surface area contributed by atoms with Gasteiger partial charge in [0, 0.05) is 0 Å². The molecule has 0 unspecified atom stereocenters. The molecule has 0 nitrogen and oxygen atoms in total. The quantitative estimate of drug-likeness (QED) is 0.565. The molecule has 1 aliphatic rings. The van der Waals surface area contributed by atoms with Crippen molar-refractivity contribution >= 4 is 0 Å². The van der Waals surface area contributed by atoms with E-state index in [1.165, 1.54) is 24.0 Å². The number of benzene rings is 1. The topological polar surface area (TPSA) is 0 Å². The first-order valence-corrected chi connectivity index (χ1v) is 5.07. The molecule has 1 aromatic rings. The fourth-order valence-corrected chi connectivity index (χ4v) is 2.55. The van der Waals surface area contributed by atoms with Gasteiger partial charge in [-0.3, -0.25) is 0 Å². The van der Waals surface area contributed by atoms with E-state index in [4.69, 9.17) is 0 Å². The molecule has 0 saturated carbocycles. The van der Waals surface area contributed by atoms with Crippen molar-refractivity contribution in [3.8, 4) is 0 Å². The zero-order chi connectivity index (χ0) is 9.64. The Morgan fingerprint density at radius 1 is 1.08 bits per heavy atom. The van der Waals surface area contributed by atoms with Crippen LogP contribution in [0.5, 0.6) is 0 Å². The zero-order valence-corrected chi connectivity index (χ0v) is 9.07. The summed E-state index contributed by atoms with van der Waals surface area (Å²) >= 11 is 0. The first kappa shape index (κ1) is 8.80. The molecule has 0 bridgehead atoms. The first-order chi connectivity index (χ1) is 5.98. The second kappa shape index (κ2) is 2.60. The summed E-state index contributed by atoms with van der Waals surface area (Å²) < 4.78 is 0. The SMILES string of the molecule is Cc1cc(C)c2c(c1)CC(C)(C)C2. The molecular formula is C13H18. The summed E-state index contributed by atoms with van der Waals surface area (Å²) in [4.78, 5) is 0. The van der Waals surface area contributed by atoms with E-state index in [1.807, 2.05) is 0 Å². The van der Waals surface area contributed by atoms with Crippen molar-refractivity contribution in [2.75, 3.05) is 0 Å². The number of aryl methyl sites for hydroxylation is 2. The van der Waals surface area contributed by atoms with Gasteiger partial charge < -0.3 is 0 Å². The van der Waals surface area contributed by atoms with Crippen LogP contribution in [0.1, 0.15) is 36.1 Å². The van der Waals surface area contributed by atoms with Crippen LogP contribution in [0.25, 0.3) is 0 Å². The molecule has 0 heteroatoms. The highest BCUT2D eigenvalue weighted by molar-refractivity contribution is 5.42.